The Morgan fingerprint density at radius 1 is 1.41 bits per heavy atom. The Labute approximate surface area is 238 Å². The van der Waals surface area contributed by atoms with E-state index in [1.54, 1.807) is 13.0 Å². The number of ether oxygens (including phenoxy) is 2. The van der Waals surface area contributed by atoms with Crippen LogP contribution < -0.4 is 10.8 Å². The maximum absolute atomic E-state index is 13.8. The third kappa shape index (κ3) is 6.78. The number of rotatable bonds is 14. The zero-order valence-corrected chi connectivity index (χ0v) is 24.4. The van der Waals surface area contributed by atoms with Crippen molar-refractivity contribution >= 4 is 25.1 Å². The summed E-state index contributed by atoms with van der Waals surface area (Å²) in [5.74, 6) is -0.252. The molecule has 0 spiro atoms. The summed E-state index contributed by atoms with van der Waals surface area (Å²) in [4.78, 5) is 16.5. The van der Waals surface area contributed by atoms with Gasteiger partial charge in [0.2, 0.25) is 5.60 Å². The van der Waals surface area contributed by atoms with Crippen molar-refractivity contribution in [3.8, 4) is 6.07 Å². The van der Waals surface area contributed by atoms with Crippen LogP contribution in [0.4, 0.5) is 5.82 Å². The predicted molar refractivity (Wildman–Crippen MR) is 148 cm³/mol. The minimum Gasteiger partial charge on any atom is -0.464 e. The summed E-state index contributed by atoms with van der Waals surface area (Å²) in [5.41, 5.74) is 4.25. The number of nitrogen functional groups attached to an aromatic ring is 1. The van der Waals surface area contributed by atoms with Gasteiger partial charge in [0, 0.05) is 0 Å². The number of carbonyl (C=O) groups is 1. The van der Waals surface area contributed by atoms with Gasteiger partial charge in [-0.15, -0.1) is 0 Å². The third-order valence-corrected chi connectivity index (χ3v) is 8.57. The van der Waals surface area contributed by atoms with E-state index in [4.69, 9.17) is 24.3 Å². The van der Waals surface area contributed by atoms with Gasteiger partial charge in [-0.2, -0.15) is 15.4 Å². The first kappa shape index (κ1) is 32.2. The zero-order chi connectivity index (χ0) is 30.4. The topological polar surface area (TPSA) is 204 Å². The largest absolute Gasteiger partial charge is 0.464 e. The molecule has 41 heavy (non-hydrogen) atoms. The molecule has 6 atom stereocenters. The van der Waals surface area contributed by atoms with Crippen LogP contribution in [0.1, 0.15) is 46.2 Å². The van der Waals surface area contributed by atoms with Crippen LogP contribution in [-0.2, 0) is 33.5 Å². The summed E-state index contributed by atoms with van der Waals surface area (Å²) < 4.78 is 37.4. The van der Waals surface area contributed by atoms with Crippen LogP contribution in [0.25, 0.3) is 5.52 Å². The van der Waals surface area contributed by atoms with Gasteiger partial charge < -0.3 is 29.9 Å². The molecule has 1 aliphatic heterocycles. The van der Waals surface area contributed by atoms with E-state index < -0.39 is 50.3 Å². The maximum Gasteiger partial charge on any atom is 0.459 e. The van der Waals surface area contributed by atoms with E-state index in [2.05, 4.69) is 21.7 Å². The van der Waals surface area contributed by atoms with E-state index in [0.29, 0.717) is 5.52 Å². The van der Waals surface area contributed by atoms with Crippen LogP contribution >= 0.6 is 7.75 Å². The molecule has 3 rings (SSSR count). The monoisotopic (exact) mass is 592 g/mol. The number of nitrogens with two attached hydrogens (primary N) is 1. The second-order valence-electron chi connectivity index (χ2n) is 9.54. The van der Waals surface area contributed by atoms with Gasteiger partial charge >= 0.3 is 13.7 Å². The maximum atomic E-state index is 13.8. The van der Waals surface area contributed by atoms with Crippen LogP contribution in [0.2, 0.25) is 0 Å². The molecule has 2 aromatic heterocycles. The summed E-state index contributed by atoms with van der Waals surface area (Å²) in [5, 5.41) is 38.5. The number of fused-ring (bicyclic) bond motifs is 1. The fourth-order valence-electron chi connectivity index (χ4n) is 4.30. The zero-order valence-electron chi connectivity index (χ0n) is 23.5. The summed E-state index contributed by atoms with van der Waals surface area (Å²) >= 11 is 0. The smallest absolute Gasteiger partial charge is 0.459 e. The van der Waals surface area contributed by atoms with Gasteiger partial charge in [-0.25, -0.2) is 14.1 Å². The van der Waals surface area contributed by atoms with Crippen molar-refractivity contribution in [2.75, 3.05) is 18.9 Å². The van der Waals surface area contributed by atoms with E-state index in [-0.39, 0.29) is 29.8 Å². The molecule has 0 aliphatic carbocycles. The molecule has 1 fully saturated rings. The van der Waals surface area contributed by atoms with Gasteiger partial charge in [0.25, 0.3) is 0 Å². The number of hydrogen-bond acceptors (Lipinski definition) is 12. The molecule has 0 amide bonds. The standard InChI is InChI=1S/C26H37N6O8P/c1-6-17(7-2)12-37-25(35)16(5)31-41(36,40-18(8-3)9-4)38-13-20-22(33)23(34)26(14-27,39-20)21-11-10-19-24(28)29-15-30-32(19)21/h8-11,15-17,20,22-23,33-34H,3,6-7,12-13H2,1-2,4-5H3,(H,31,36)(H2,28,29,30)/b18-9+/t16-,20-,22-,23-,26+,41?/m1/s1. The number of aliphatic hydroxyl groups excluding tert-OH is 2. The van der Waals surface area contributed by atoms with Crippen LogP contribution in [0.5, 0.6) is 0 Å². The number of carbonyl (C=O) groups excluding carboxylic acids is 1. The summed E-state index contributed by atoms with van der Waals surface area (Å²) in [6.45, 7) is 10.3. The van der Waals surface area contributed by atoms with Crippen LogP contribution in [-0.4, -0.2) is 68.3 Å². The van der Waals surface area contributed by atoms with Gasteiger partial charge in [0.05, 0.1) is 18.9 Å². The van der Waals surface area contributed by atoms with Crippen molar-refractivity contribution in [1.29, 1.82) is 5.26 Å². The fraction of sp³-hybridized carbons (Fsp3) is 0.538. The van der Waals surface area contributed by atoms with Crippen molar-refractivity contribution in [2.45, 2.75) is 70.5 Å². The second-order valence-corrected chi connectivity index (χ2v) is 11.2. The van der Waals surface area contributed by atoms with Crippen LogP contribution in [0, 0.1) is 17.2 Å². The van der Waals surface area contributed by atoms with Gasteiger partial charge in [-0.3, -0.25) is 9.32 Å². The Bertz CT molecular complexity index is 1360. The van der Waals surface area contributed by atoms with E-state index in [0.717, 1.165) is 12.8 Å². The molecule has 1 saturated heterocycles. The Hall–Kier alpha value is -3.31. The SMILES string of the molecule is C=C/C(=C\C)OP(=O)(N[C@H](C)C(=O)OCC(CC)CC)OC[C@H]1O[C@@](C#N)(c2ccc3c(N)ncnn23)[C@H](O)[C@@H]1O. The van der Waals surface area contributed by atoms with E-state index in [9.17, 15) is 24.8 Å². The third-order valence-electron chi connectivity index (χ3n) is 6.93. The molecule has 5 N–H and O–H groups in total. The molecular formula is C26H37N6O8P. The van der Waals surface area contributed by atoms with Gasteiger partial charge in [-0.1, -0.05) is 33.3 Å². The van der Waals surface area contributed by atoms with Crippen molar-refractivity contribution < 1.29 is 38.1 Å². The normalized spacial score (nSPS) is 25.0. The van der Waals surface area contributed by atoms with E-state index in [1.807, 2.05) is 19.9 Å². The van der Waals surface area contributed by atoms with Crippen LogP contribution in [0.3, 0.4) is 0 Å². The molecule has 1 unspecified atom stereocenters. The van der Waals surface area contributed by atoms with Gasteiger partial charge in [-0.05, 0) is 44.1 Å². The molecule has 0 bridgehead atoms. The molecule has 0 aromatic carbocycles. The molecular weight excluding hydrogens is 555 g/mol. The highest BCUT2D eigenvalue weighted by molar-refractivity contribution is 7.51. The fourth-order valence-corrected chi connectivity index (χ4v) is 5.86. The Morgan fingerprint density at radius 3 is 2.73 bits per heavy atom. The minimum absolute atomic E-state index is 0.0902. The first-order chi connectivity index (χ1) is 19.5. The number of aromatic nitrogens is 3. The molecule has 0 saturated carbocycles. The lowest BCUT2D eigenvalue weighted by Gasteiger charge is -2.26. The molecule has 14 nitrogen and oxygen atoms in total. The Morgan fingerprint density at radius 2 is 2.12 bits per heavy atom. The first-order valence-corrected chi connectivity index (χ1v) is 14.7. The number of allylic oxidation sites excluding steroid dienone is 2. The highest BCUT2D eigenvalue weighted by Crippen LogP contribution is 2.48. The first-order valence-electron chi connectivity index (χ1n) is 13.2. The van der Waals surface area contributed by atoms with Crippen molar-refractivity contribution in [1.82, 2.24) is 19.7 Å². The number of nitrogens with zero attached hydrogens (tertiary/aromatic N) is 4. The minimum atomic E-state index is -4.32. The van der Waals surface area contributed by atoms with Crippen LogP contribution in [0.15, 0.2) is 43.0 Å². The highest BCUT2D eigenvalue weighted by atomic mass is 31.2. The van der Waals surface area contributed by atoms with Crippen molar-refractivity contribution in [3.05, 3.63) is 48.6 Å². The lowest BCUT2D eigenvalue weighted by Crippen LogP contribution is -2.41. The molecule has 3 heterocycles. The average molecular weight is 593 g/mol. The second kappa shape index (κ2) is 13.6. The molecule has 15 heteroatoms. The molecule has 2 aromatic rings. The number of anilines is 1. The Balaban J connectivity index is 1.81. The van der Waals surface area contributed by atoms with E-state index in [1.165, 1.54) is 36.0 Å². The van der Waals surface area contributed by atoms with Gasteiger partial charge in [0.15, 0.2) is 5.82 Å². The number of nitrogens with one attached hydrogen (secondary N) is 1. The Kier molecular flexibility index (Phi) is 10.7. The summed E-state index contributed by atoms with van der Waals surface area (Å²) in [6.07, 6.45) is 0.880. The van der Waals surface area contributed by atoms with Gasteiger partial charge in [0.1, 0.15) is 48.0 Å². The lowest BCUT2D eigenvalue weighted by molar-refractivity contribution is -0.146. The molecule has 1 aliphatic rings. The molecule has 224 valence electrons. The number of esters is 1. The molecule has 0 radical (unpaired) electrons. The lowest BCUT2D eigenvalue weighted by atomic mass is 9.92. The summed E-state index contributed by atoms with van der Waals surface area (Å²) in [6, 6.07) is 3.83. The number of hydrogen-bond donors (Lipinski definition) is 4. The van der Waals surface area contributed by atoms with Crippen molar-refractivity contribution in [3.63, 3.8) is 0 Å². The highest BCUT2D eigenvalue weighted by Gasteiger charge is 2.58. The number of nitriles is 1. The summed E-state index contributed by atoms with van der Waals surface area (Å²) in [7, 11) is -4.32. The quantitative estimate of drug-likeness (QED) is 0.108. The number of aliphatic hydroxyl groups is 2. The van der Waals surface area contributed by atoms with Crippen molar-refractivity contribution in [2.24, 2.45) is 5.92 Å². The predicted octanol–water partition coefficient (Wildman–Crippen LogP) is 2.34. The van der Waals surface area contributed by atoms with E-state index >= 15 is 0 Å². The average Bonchev–Trinajstić information content (AvgIpc) is 3.51.